The minimum atomic E-state index is -3.55. The van der Waals surface area contributed by atoms with Crippen molar-refractivity contribution in [3.63, 3.8) is 0 Å². The second kappa shape index (κ2) is 7.31. The van der Waals surface area contributed by atoms with Crippen LogP contribution in [0.2, 0.25) is 0 Å². The highest BCUT2D eigenvalue weighted by molar-refractivity contribution is 7.91. The summed E-state index contributed by atoms with van der Waals surface area (Å²) in [5.41, 5.74) is 5.83. The number of hydrogen-bond donors (Lipinski definition) is 3. The number of carbonyl (C=O) groups is 1. The van der Waals surface area contributed by atoms with Gasteiger partial charge >= 0.3 is 0 Å². The van der Waals surface area contributed by atoms with Crippen LogP contribution in [0.4, 0.5) is 5.69 Å². The zero-order valence-electron chi connectivity index (χ0n) is 16.2. The molecule has 2 aliphatic rings. The number of nitrogens with two attached hydrogens (primary N) is 1. The number of rotatable bonds is 7. The molecule has 1 aromatic rings. The van der Waals surface area contributed by atoms with Gasteiger partial charge in [0.25, 0.3) is 5.91 Å². The molecule has 1 heterocycles. The topological polar surface area (TPSA) is 111 Å². The Kier molecular flexibility index (Phi) is 5.40. The Morgan fingerprint density at radius 3 is 2.59 bits per heavy atom. The van der Waals surface area contributed by atoms with Crippen LogP contribution in [0.1, 0.15) is 49.9 Å². The molecule has 2 atom stereocenters. The first-order valence-corrected chi connectivity index (χ1v) is 11.1. The number of nitrogens with one attached hydrogen (secondary N) is 2. The number of methoxy groups -OCH3 is 1. The van der Waals surface area contributed by atoms with E-state index in [1.165, 1.54) is 19.2 Å². The van der Waals surface area contributed by atoms with Crippen LogP contribution >= 0.6 is 0 Å². The van der Waals surface area contributed by atoms with Crippen LogP contribution in [0.25, 0.3) is 0 Å². The summed E-state index contributed by atoms with van der Waals surface area (Å²) in [6, 6.07) is 2.98. The molecule has 0 radical (unpaired) electrons. The maximum atomic E-state index is 13.2. The number of ether oxygens (including phenoxy) is 1. The fraction of sp³-hybridized carbons (Fsp3) is 0.632. The Hall–Kier alpha value is -1.80. The Labute approximate surface area is 161 Å². The molecular formula is C19H29N3O4S. The third-order valence-corrected chi connectivity index (χ3v) is 7.67. The summed E-state index contributed by atoms with van der Waals surface area (Å²) < 4.78 is 30.0. The molecule has 1 aliphatic heterocycles. The molecule has 1 aliphatic carbocycles. The van der Waals surface area contributed by atoms with Gasteiger partial charge in [-0.3, -0.25) is 4.79 Å². The molecule has 1 saturated heterocycles. The summed E-state index contributed by atoms with van der Waals surface area (Å²) in [6.07, 6.45) is 4.28. The number of carbonyl (C=O) groups excluding carboxylic acids is 1. The van der Waals surface area contributed by atoms with Crippen molar-refractivity contribution in [2.24, 2.45) is 5.92 Å². The van der Waals surface area contributed by atoms with E-state index in [9.17, 15) is 13.2 Å². The number of amides is 1. The molecule has 2 fully saturated rings. The molecule has 8 heteroatoms. The van der Waals surface area contributed by atoms with Gasteiger partial charge in [0.2, 0.25) is 0 Å². The Morgan fingerprint density at radius 1 is 1.37 bits per heavy atom. The van der Waals surface area contributed by atoms with Crippen LogP contribution in [0.3, 0.4) is 0 Å². The third-order valence-electron chi connectivity index (χ3n) is 5.88. The van der Waals surface area contributed by atoms with Crippen molar-refractivity contribution < 1.29 is 17.9 Å². The molecule has 150 valence electrons. The normalized spacial score (nSPS) is 22.3. The average Bonchev–Trinajstić information content (AvgIpc) is 3.35. The molecule has 0 spiro atoms. The lowest BCUT2D eigenvalue weighted by Crippen LogP contribution is -2.59. The van der Waals surface area contributed by atoms with Crippen molar-refractivity contribution in [2.75, 3.05) is 25.1 Å². The molecule has 0 bridgehead atoms. The monoisotopic (exact) mass is 395 g/mol. The second-order valence-corrected chi connectivity index (χ2v) is 9.90. The van der Waals surface area contributed by atoms with E-state index in [0.717, 1.165) is 32.2 Å². The SMILES string of the molecule is CCS(=O)(=O)c1cc(C(=O)NC(C)(C2CC2)C2CCCN2)c(OC)cc1N. The van der Waals surface area contributed by atoms with Crippen molar-refractivity contribution in [2.45, 2.75) is 56.0 Å². The van der Waals surface area contributed by atoms with E-state index in [1.54, 1.807) is 6.92 Å². The van der Waals surface area contributed by atoms with E-state index in [0.29, 0.717) is 5.92 Å². The predicted molar refractivity (Wildman–Crippen MR) is 105 cm³/mol. The van der Waals surface area contributed by atoms with Crippen molar-refractivity contribution in [1.82, 2.24) is 10.6 Å². The Bertz CT molecular complexity index is 830. The highest BCUT2D eigenvalue weighted by atomic mass is 32.2. The van der Waals surface area contributed by atoms with E-state index in [1.807, 2.05) is 0 Å². The first kappa shape index (κ1) is 19.9. The molecule has 4 N–H and O–H groups in total. The lowest BCUT2D eigenvalue weighted by atomic mass is 9.85. The second-order valence-electron chi connectivity index (χ2n) is 7.65. The Balaban J connectivity index is 1.96. The third kappa shape index (κ3) is 3.78. The molecule has 1 saturated carbocycles. The van der Waals surface area contributed by atoms with Gasteiger partial charge in [0, 0.05) is 12.1 Å². The molecule has 2 unspecified atom stereocenters. The minimum Gasteiger partial charge on any atom is -0.496 e. The summed E-state index contributed by atoms with van der Waals surface area (Å²) >= 11 is 0. The van der Waals surface area contributed by atoms with Gasteiger partial charge in [-0.25, -0.2) is 8.42 Å². The van der Waals surface area contributed by atoms with E-state index in [-0.39, 0.29) is 45.1 Å². The van der Waals surface area contributed by atoms with Gasteiger partial charge in [-0.05, 0) is 51.1 Å². The molecule has 1 aromatic carbocycles. The zero-order valence-corrected chi connectivity index (χ0v) is 17.0. The van der Waals surface area contributed by atoms with Crippen molar-refractivity contribution in [1.29, 1.82) is 0 Å². The fourth-order valence-corrected chi connectivity index (χ4v) is 5.04. The van der Waals surface area contributed by atoms with Crippen LogP contribution in [0.15, 0.2) is 17.0 Å². The minimum absolute atomic E-state index is 0.0249. The van der Waals surface area contributed by atoms with Crippen molar-refractivity contribution in [3.8, 4) is 5.75 Å². The molecular weight excluding hydrogens is 366 g/mol. The van der Waals surface area contributed by atoms with Gasteiger partial charge in [0.1, 0.15) is 5.75 Å². The van der Waals surface area contributed by atoms with Crippen LogP contribution in [-0.4, -0.2) is 45.3 Å². The number of hydrogen-bond acceptors (Lipinski definition) is 6. The molecule has 7 nitrogen and oxygen atoms in total. The summed E-state index contributed by atoms with van der Waals surface area (Å²) in [5, 5.41) is 6.68. The molecule has 0 aromatic heterocycles. The Morgan fingerprint density at radius 2 is 2.07 bits per heavy atom. The molecule has 3 rings (SSSR count). The summed E-state index contributed by atoms with van der Waals surface area (Å²) in [4.78, 5) is 13.1. The number of nitrogen functional groups attached to an aromatic ring is 1. The summed E-state index contributed by atoms with van der Waals surface area (Å²) in [7, 11) is -2.10. The van der Waals surface area contributed by atoms with E-state index in [4.69, 9.17) is 10.5 Å². The largest absolute Gasteiger partial charge is 0.496 e. The van der Waals surface area contributed by atoms with Crippen LogP contribution < -0.4 is 21.1 Å². The quantitative estimate of drug-likeness (QED) is 0.606. The van der Waals surface area contributed by atoms with Gasteiger partial charge in [-0.15, -0.1) is 0 Å². The maximum Gasteiger partial charge on any atom is 0.255 e. The summed E-state index contributed by atoms with van der Waals surface area (Å²) in [6.45, 7) is 4.58. The molecule has 1 amide bonds. The number of anilines is 1. The lowest BCUT2D eigenvalue weighted by molar-refractivity contribution is 0.0865. The van der Waals surface area contributed by atoms with Gasteiger partial charge in [0.15, 0.2) is 9.84 Å². The van der Waals surface area contributed by atoms with Crippen LogP contribution in [0.5, 0.6) is 5.75 Å². The summed E-state index contributed by atoms with van der Waals surface area (Å²) in [5.74, 6) is 0.284. The zero-order chi connectivity index (χ0) is 19.8. The average molecular weight is 396 g/mol. The predicted octanol–water partition coefficient (Wildman–Crippen LogP) is 1.72. The van der Waals surface area contributed by atoms with Gasteiger partial charge in [-0.1, -0.05) is 6.92 Å². The van der Waals surface area contributed by atoms with E-state index in [2.05, 4.69) is 17.6 Å². The number of benzene rings is 1. The van der Waals surface area contributed by atoms with E-state index >= 15 is 0 Å². The lowest BCUT2D eigenvalue weighted by Gasteiger charge is -2.37. The maximum absolute atomic E-state index is 13.2. The van der Waals surface area contributed by atoms with Gasteiger partial charge in [0.05, 0.1) is 34.5 Å². The van der Waals surface area contributed by atoms with Gasteiger partial charge in [-0.2, -0.15) is 0 Å². The van der Waals surface area contributed by atoms with Crippen LogP contribution in [0, 0.1) is 5.92 Å². The molecule has 27 heavy (non-hydrogen) atoms. The van der Waals surface area contributed by atoms with Crippen molar-refractivity contribution in [3.05, 3.63) is 17.7 Å². The van der Waals surface area contributed by atoms with Crippen molar-refractivity contribution >= 4 is 21.4 Å². The smallest absolute Gasteiger partial charge is 0.255 e. The number of sulfone groups is 1. The highest BCUT2D eigenvalue weighted by Crippen LogP contribution is 2.43. The van der Waals surface area contributed by atoms with Gasteiger partial charge < -0.3 is 21.1 Å². The standard InChI is InChI=1S/C19H29N3O4S/c1-4-27(24,25)16-10-13(15(26-3)11-14(16)20)18(23)22-19(2,12-7-8-12)17-6-5-9-21-17/h10-12,17,21H,4-9,20H2,1-3H3,(H,22,23). The highest BCUT2D eigenvalue weighted by Gasteiger charge is 2.48. The first-order valence-electron chi connectivity index (χ1n) is 9.49. The fourth-order valence-electron chi connectivity index (χ4n) is 4.01. The van der Waals surface area contributed by atoms with Crippen LogP contribution in [-0.2, 0) is 9.84 Å². The first-order chi connectivity index (χ1) is 12.7. The van der Waals surface area contributed by atoms with E-state index < -0.39 is 9.84 Å².